The lowest BCUT2D eigenvalue weighted by Gasteiger charge is -2.18. The molecule has 358 valence electrons. The van der Waals surface area contributed by atoms with E-state index < -0.39 is 6.10 Å². The van der Waals surface area contributed by atoms with Gasteiger partial charge in [-0.2, -0.15) is 0 Å². The van der Waals surface area contributed by atoms with E-state index in [-0.39, 0.29) is 31.1 Å². The van der Waals surface area contributed by atoms with Crippen LogP contribution in [0.25, 0.3) is 0 Å². The standard InChI is InChI=1S/C55H102O6/c1-4-7-10-13-16-19-22-23-24-25-26-27-28-29-30-31-34-36-39-42-45-48-54(57)60-51-52(61-55(58)49-46-43-40-37-33-21-18-15-12-9-6-3)50-59-53(56)47-44-41-38-35-32-20-17-14-11-8-5-2/h14-15,17-18,52H,4-13,16,19-51H2,1-3H3/b17-14-,18-15-. The molecule has 0 radical (unpaired) electrons. The van der Waals surface area contributed by atoms with Crippen molar-refractivity contribution in [2.45, 2.75) is 297 Å². The fourth-order valence-corrected chi connectivity index (χ4v) is 7.82. The minimum Gasteiger partial charge on any atom is -0.462 e. The number of carbonyl (C=O) groups is 3. The number of hydrogen-bond acceptors (Lipinski definition) is 6. The molecule has 0 aromatic rings. The highest BCUT2D eigenvalue weighted by molar-refractivity contribution is 5.71. The average molecular weight is 859 g/mol. The van der Waals surface area contributed by atoms with E-state index in [1.54, 1.807) is 0 Å². The van der Waals surface area contributed by atoms with Crippen molar-refractivity contribution in [1.29, 1.82) is 0 Å². The van der Waals surface area contributed by atoms with E-state index in [2.05, 4.69) is 45.1 Å². The van der Waals surface area contributed by atoms with Gasteiger partial charge in [0.15, 0.2) is 6.10 Å². The smallest absolute Gasteiger partial charge is 0.306 e. The maximum Gasteiger partial charge on any atom is 0.306 e. The van der Waals surface area contributed by atoms with Crippen LogP contribution in [0.15, 0.2) is 24.3 Å². The highest BCUT2D eigenvalue weighted by Crippen LogP contribution is 2.16. The Bertz CT molecular complexity index is 989. The number of carbonyl (C=O) groups excluding carboxylic acids is 3. The highest BCUT2D eigenvalue weighted by Gasteiger charge is 2.19. The lowest BCUT2D eigenvalue weighted by molar-refractivity contribution is -0.167. The summed E-state index contributed by atoms with van der Waals surface area (Å²) in [4.78, 5) is 37.9. The van der Waals surface area contributed by atoms with Crippen LogP contribution in [0.2, 0.25) is 0 Å². The van der Waals surface area contributed by atoms with E-state index in [0.29, 0.717) is 19.3 Å². The predicted octanol–water partition coefficient (Wildman–Crippen LogP) is 17.5. The molecule has 6 nitrogen and oxygen atoms in total. The molecule has 0 fully saturated rings. The molecule has 1 unspecified atom stereocenters. The van der Waals surface area contributed by atoms with Crippen LogP contribution in [-0.2, 0) is 28.6 Å². The van der Waals surface area contributed by atoms with Gasteiger partial charge in [-0.1, -0.05) is 238 Å². The van der Waals surface area contributed by atoms with Crippen LogP contribution in [0, 0.1) is 0 Å². The van der Waals surface area contributed by atoms with Crippen molar-refractivity contribution >= 4 is 17.9 Å². The fourth-order valence-electron chi connectivity index (χ4n) is 7.82. The SMILES string of the molecule is CCCC/C=C\CCCCCCCC(=O)OCC(COC(=O)CCCCCCCCCCCCCCCCCCCCCCC)OC(=O)CCCCCCC/C=C\CCCC. The Morgan fingerprint density at radius 1 is 0.311 bits per heavy atom. The summed E-state index contributed by atoms with van der Waals surface area (Å²) in [7, 11) is 0. The maximum absolute atomic E-state index is 12.7. The van der Waals surface area contributed by atoms with Crippen molar-refractivity contribution in [3.05, 3.63) is 24.3 Å². The van der Waals surface area contributed by atoms with Gasteiger partial charge >= 0.3 is 17.9 Å². The number of ether oxygens (including phenoxy) is 3. The lowest BCUT2D eigenvalue weighted by atomic mass is 10.0. The zero-order valence-corrected chi connectivity index (χ0v) is 40.9. The molecule has 0 aromatic carbocycles. The van der Waals surface area contributed by atoms with Gasteiger partial charge in [0.2, 0.25) is 0 Å². The molecule has 0 rings (SSSR count). The van der Waals surface area contributed by atoms with Gasteiger partial charge in [-0.3, -0.25) is 14.4 Å². The van der Waals surface area contributed by atoms with Crippen molar-refractivity contribution in [1.82, 2.24) is 0 Å². The third kappa shape index (κ3) is 48.8. The molecule has 61 heavy (non-hydrogen) atoms. The molecule has 0 saturated heterocycles. The van der Waals surface area contributed by atoms with Crippen molar-refractivity contribution in [3.63, 3.8) is 0 Å². The first-order valence-electron chi connectivity index (χ1n) is 26.8. The third-order valence-electron chi connectivity index (χ3n) is 11.9. The molecule has 0 heterocycles. The molecule has 0 bridgehead atoms. The van der Waals surface area contributed by atoms with E-state index >= 15 is 0 Å². The molecule has 0 spiro atoms. The zero-order chi connectivity index (χ0) is 44.4. The summed E-state index contributed by atoms with van der Waals surface area (Å²) in [6.07, 6.45) is 57.5. The van der Waals surface area contributed by atoms with Crippen LogP contribution in [0.4, 0.5) is 0 Å². The van der Waals surface area contributed by atoms with Crippen molar-refractivity contribution in [2.24, 2.45) is 0 Å². The van der Waals surface area contributed by atoms with Gasteiger partial charge in [-0.15, -0.1) is 0 Å². The quantitative estimate of drug-likeness (QED) is 0.0262. The number of esters is 3. The predicted molar refractivity (Wildman–Crippen MR) is 261 cm³/mol. The normalized spacial score (nSPS) is 12.1. The second kappa shape index (κ2) is 50.5. The van der Waals surface area contributed by atoms with Crippen LogP contribution >= 0.6 is 0 Å². The Balaban J connectivity index is 4.21. The molecular formula is C55H102O6. The minimum absolute atomic E-state index is 0.0736. The Morgan fingerprint density at radius 2 is 0.557 bits per heavy atom. The van der Waals surface area contributed by atoms with Gasteiger partial charge in [0.1, 0.15) is 13.2 Å². The molecular weight excluding hydrogens is 757 g/mol. The summed E-state index contributed by atoms with van der Waals surface area (Å²) in [6.45, 7) is 6.58. The second-order valence-electron chi connectivity index (χ2n) is 18.1. The Kier molecular flexibility index (Phi) is 48.8. The summed E-state index contributed by atoms with van der Waals surface area (Å²) in [5.74, 6) is -0.881. The molecule has 0 aliphatic carbocycles. The van der Waals surface area contributed by atoms with E-state index in [0.717, 1.165) is 77.0 Å². The van der Waals surface area contributed by atoms with Crippen molar-refractivity contribution < 1.29 is 28.6 Å². The molecule has 1 atom stereocenters. The summed E-state index contributed by atoms with van der Waals surface area (Å²) >= 11 is 0. The average Bonchev–Trinajstić information content (AvgIpc) is 3.26. The first-order chi connectivity index (χ1) is 30.0. The largest absolute Gasteiger partial charge is 0.462 e. The van der Waals surface area contributed by atoms with Crippen LogP contribution in [-0.4, -0.2) is 37.2 Å². The second-order valence-corrected chi connectivity index (χ2v) is 18.1. The third-order valence-corrected chi connectivity index (χ3v) is 11.9. The number of hydrogen-bond donors (Lipinski definition) is 0. The Hall–Kier alpha value is -2.11. The molecule has 0 aliphatic rings. The maximum atomic E-state index is 12.7. The van der Waals surface area contributed by atoms with Crippen LogP contribution in [0.3, 0.4) is 0 Å². The van der Waals surface area contributed by atoms with E-state index in [4.69, 9.17) is 14.2 Å². The van der Waals surface area contributed by atoms with Gasteiger partial charge in [0.05, 0.1) is 0 Å². The van der Waals surface area contributed by atoms with Crippen LogP contribution in [0.5, 0.6) is 0 Å². The molecule has 0 aromatic heterocycles. The highest BCUT2D eigenvalue weighted by atomic mass is 16.6. The molecule has 0 aliphatic heterocycles. The zero-order valence-electron chi connectivity index (χ0n) is 40.9. The Labute approximate surface area is 379 Å². The van der Waals surface area contributed by atoms with Crippen molar-refractivity contribution in [3.8, 4) is 0 Å². The van der Waals surface area contributed by atoms with Crippen LogP contribution < -0.4 is 0 Å². The van der Waals surface area contributed by atoms with Gasteiger partial charge in [0.25, 0.3) is 0 Å². The number of unbranched alkanes of at least 4 members (excludes halogenated alkanes) is 34. The summed E-state index contributed by atoms with van der Waals surface area (Å²) < 4.78 is 16.8. The van der Waals surface area contributed by atoms with E-state index in [1.807, 2.05) is 0 Å². The lowest BCUT2D eigenvalue weighted by Crippen LogP contribution is -2.30. The minimum atomic E-state index is -0.773. The van der Waals surface area contributed by atoms with E-state index in [1.165, 1.54) is 173 Å². The van der Waals surface area contributed by atoms with Gasteiger partial charge < -0.3 is 14.2 Å². The number of allylic oxidation sites excluding steroid dienone is 4. The van der Waals surface area contributed by atoms with Gasteiger partial charge in [-0.25, -0.2) is 0 Å². The van der Waals surface area contributed by atoms with E-state index in [9.17, 15) is 14.4 Å². The number of rotatable bonds is 49. The first kappa shape index (κ1) is 58.9. The molecule has 0 saturated carbocycles. The summed E-state index contributed by atoms with van der Waals surface area (Å²) in [5, 5.41) is 0. The van der Waals surface area contributed by atoms with Gasteiger partial charge in [0, 0.05) is 19.3 Å². The Morgan fingerprint density at radius 3 is 0.869 bits per heavy atom. The first-order valence-corrected chi connectivity index (χ1v) is 26.8. The van der Waals surface area contributed by atoms with Gasteiger partial charge in [-0.05, 0) is 57.8 Å². The summed E-state index contributed by atoms with van der Waals surface area (Å²) in [5.41, 5.74) is 0. The fraction of sp³-hybridized carbons (Fsp3) is 0.873. The molecule has 0 amide bonds. The topological polar surface area (TPSA) is 78.9 Å². The van der Waals surface area contributed by atoms with Crippen LogP contribution in [0.1, 0.15) is 290 Å². The summed E-state index contributed by atoms with van der Waals surface area (Å²) in [6, 6.07) is 0. The molecule has 0 N–H and O–H groups in total. The van der Waals surface area contributed by atoms with Crippen molar-refractivity contribution in [2.75, 3.05) is 13.2 Å². The molecule has 6 heteroatoms. The monoisotopic (exact) mass is 859 g/mol.